The molecule has 2 saturated heterocycles. The first-order chi connectivity index (χ1) is 12.3. The van der Waals surface area contributed by atoms with Gasteiger partial charge in [-0.3, -0.25) is 9.59 Å². The van der Waals surface area contributed by atoms with Crippen LogP contribution >= 0.6 is 0 Å². The molecule has 2 heterocycles. The normalized spacial score (nSPS) is 21.3. The lowest BCUT2D eigenvalue weighted by Gasteiger charge is -2.32. The molecule has 1 N–H and O–H groups in total. The van der Waals surface area contributed by atoms with E-state index >= 15 is 0 Å². The number of carbonyl (C=O) groups is 2. The molecule has 1 aromatic rings. The molecule has 3 rings (SSSR count). The van der Waals surface area contributed by atoms with Crippen molar-refractivity contribution >= 4 is 27.5 Å². The van der Waals surface area contributed by atoms with Crippen molar-refractivity contribution in [2.75, 3.05) is 30.8 Å². The number of carbonyl (C=O) groups excluding carboxylic acids is 2. The number of hydrogen-bond donors (Lipinski definition) is 1. The van der Waals surface area contributed by atoms with E-state index in [1.807, 2.05) is 24.3 Å². The van der Waals surface area contributed by atoms with Gasteiger partial charge in [-0.2, -0.15) is 0 Å². The van der Waals surface area contributed by atoms with Crippen molar-refractivity contribution in [2.45, 2.75) is 38.1 Å². The number of anilines is 1. The highest BCUT2D eigenvalue weighted by Gasteiger charge is 2.26. The van der Waals surface area contributed by atoms with E-state index in [4.69, 9.17) is 0 Å². The molecule has 2 amide bonds. The summed E-state index contributed by atoms with van der Waals surface area (Å²) < 4.78 is 25.4. The van der Waals surface area contributed by atoms with Gasteiger partial charge in [-0.05, 0) is 37.0 Å². The van der Waals surface area contributed by atoms with Crippen LogP contribution in [-0.2, 0) is 26.0 Å². The fourth-order valence-electron chi connectivity index (χ4n) is 3.60. The molecule has 0 spiro atoms. The minimum absolute atomic E-state index is 0.00463. The zero-order valence-electron chi connectivity index (χ0n) is 15.0. The van der Waals surface area contributed by atoms with Crippen LogP contribution in [0.2, 0.25) is 0 Å². The van der Waals surface area contributed by atoms with Gasteiger partial charge in [-0.1, -0.05) is 12.1 Å². The van der Waals surface area contributed by atoms with Crippen LogP contribution < -0.4 is 9.62 Å². The smallest absolute Gasteiger partial charge is 0.227 e. The van der Waals surface area contributed by atoms with Crippen molar-refractivity contribution in [3.8, 4) is 0 Å². The van der Waals surface area contributed by atoms with E-state index < -0.39 is 10.0 Å². The Hall–Kier alpha value is -1.93. The van der Waals surface area contributed by atoms with Crippen molar-refractivity contribution in [1.82, 2.24) is 9.62 Å². The Morgan fingerprint density at radius 3 is 2.54 bits per heavy atom. The SMILES string of the molecule is CS(=O)(=O)NC1CCCN(C(=O)Cc2ccc(N3CCCC3=O)cc2)C1. The summed E-state index contributed by atoms with van der Waals surface area (Å²) in [4.78, 5) is 27.8. The molecule has 2 fully saturated rings. The molecular formula is C18H25N3O4S. The maximum atomic E-state index is 12.6. The third-order valence-corrected chi connectivity index (χ3v) is 5.59. The average molecular weight is 379 g/mol. The zero-order chi connectivity index (χ0) is 18.7. The van der Waals surface area contributed by atoms with Crippen molar-refractivity contribution in [3.63, 3.8) is 0 Å². The first-order valence-electron chi connectivity index (χ1n) is 8.96. The minimum atomic E-state index is -3.27. The molecule has 0 aromatic heterocycles. The second kappa shape index (κ2) is 7.75. The summed E-state index contributed by atoms with van der Waals surface area (Å²) in [6.07, 6.45) is 4.43. The molecule has 0 aliphatic carbocycles. The maximum Gasteiger partial charge on any atom is 0.227 e. The fraction of sp³-hybridized carbons (Fsp3) is 0.556. The maximum absolute atomic E-state index is 12.6. The number of likely N-dealkylation sites (tertiary alicyclic amines) is 1. The van der Waals surface area contributed by atoms with E-state index in [0.717, 1.165) is 43.3 Å². The van der Waals surface area contributed by atoms with Gasteiger partial charge >= 0.3 is 0 Å². The molecule has 1 unspecified atom stereocenters. The molecule has 2 aliphatic heterocycles. The van der Waals surface area contributed by atoms with Crippen molar-refractivity contribution < 1.29 is 18.0 Å². The van der Waals surface area contributed by atoms with Crippen molar-refractivity contribution in [3.05, 3.63) is 29.8 Å². The predicted molar refractivity (Wildman–Crippen MR) is 99.3 cm³/mol. The summed E-state index contributed by atoms with van der Waals surface area (Å²) in [6, 6.07) is 7.32. The van der Waals surface area contributed by atoms with Crippen LogP contribution in [0.25, 0.3) is 0 Å². The number of nitrogens with one attached hydrogen (secondary N) is 1. The minimum Gasteiger partial charge on any atom is -0.341 e. The summed E-state index contributed by atoms with van der Waals surface area (Å²) in [5.74, 6) is 0.140. The lowest BCUT2D eigenvalue weighted by atomic mass is 10.0. The molecule has 142 valence electrons. The number of benzene rings is 1. The average Bonchev–Trinajstić information content (AvgIpc) is 3.00. The third kappa shape index (κ3) is 4.82. The van der Waals surface area contributed by atoms with Crippen molar-refractivity contribution in [2.24, 2.45) is 0 Å². The number of hydrogen-bond acceptors (Lipinski definition) is 4. The topological polar surface area (TPSA) is 86.8 Å². The van der Waals surface area contributed by atoms with E-state index in [0.29, 0.717) is 19.5 Å². The quantitative estimate of drug-likeness (QED) is 0.823. The number of piperidine rings is 1. The molecule has 0 radical (unpaired) electrons. The van der Waals surface area contributed by atoms with Gasteiger partial charge in [0.05, 0.1) is 12.7 Å². The van der Waals surface area contributed by atoms with Gasteiger partial charge in [-0.25, -0.2) is 13.1 Å². The monoisotopic (exact) mass is 379 g/mol. The van der Waals surface area contributed by atoms with Gasteiger partial charge < -0.3 is 9.80 Å². The largest absolute Gasteiger partial charge is 0.341 e. The Morgan fingerprint density at radius 2 is 1.92 bits per heavy atom. The summed E-state index contributed by atoms with van der Waals surface area (Å²) in [5, 5.41) is 0. The highest BCUT2D eigenvalue weighted by Crippen LogP contribution is 2.22. The first kappa shape index (κ1) is 18.8. The van der Waals surface area contributed by atoms with Crippen molar-refractivity contribution in [1.29, 1.82) is 0 Å². The van der Waals surface area contributed by atoms with Crippen LogP contribution in [0.5, 0.6) is 0 Å². The number of amides is 2. The summed E-state index contributed by atoms with van der Waals surface area (Å²) in [7, 11) is -3.27. The van der Waals surface area contributed by atoms with Crippen LogP contribution in [0, 0.1) is 0 Å². The molecule has 26 heavy (non-hydrogen) atoms. The van der Waals surface area contributed by atoms with Crippen LogP contribution in [0.3, 0.4) is 0 Å². The van der Waals surface area contributed by atoms with Gasteiger partial charge in [0.1, 0.15) is 0 Å². The number of sulfonamides is 1. The van der Waals surface area contributed by atoms with Gasteiger partial charge in [0.15, 0.2) is 0 Å². The van der Waals surface area contributed by atoms with Gasteiger partial charge in [-0.15, -0.1) is 0 Å². The molecule has 0 bridgehead atoms. The molecule has 7 nitrogen and oxygen atoms in total. The zero-order valence-corrected chi connectivity index (χ0v) is 15.8. The molecule has 2 aliphatic rings. The summed E-state index contributed by atoms with van der Waals surface area (Å²) in [6.45, 7) is 1.81. The van der Waals surface area contributed by atoms with Gasteiger partial charge in [0, 0.05) is 37.8 Å². The Labute approximate surface area is 154 Å². The Morgan fingerprint density at radius 1 is 1.19 bits per heavy atom. The Bertz CT molecular complexity index is 776. The molecule has 1 atom stereocenters. The lowest BCUT2D eigenvalue weighted by molar-refractivity contribution is -0.131. The highest BCUT2D eigenvalue weighted by atomic mass is 32.2. The van der Waals surface area contributed by atoms with Crippen LogP contribution in [0.1, 0.15) is 31.2 Å². The second-order valence-corrected chi connectivity index (χ2v) is 8.84. The second-order valence-electron chi connectivity index (χ2n) is 7.06. The van der Waals surface area contributed by atoms with Crippen LogP contribution in [0.4, 0.5) is 5.69 Å². The van der Waals surface area contributed by atoms with Crippen LogP contribution in [0.15, 0.2) is 24.3 Å². The van der Waals surface area contributed by atoms with Gasteiger partial charge in [0.25, 0.3) is 0 Å². The fourth-order valence-corrected chi connectivity index (χ4v) is 4.40. The standard InChI is InChI=1S/C18H25N3O4S/c1-26(24,25)19-15-4-2-10-20(13-15)18(23)12-14-6-8-16(9-7-14)21-11-3-5-17(21)22/h6-9,15,19H,2-5,10-13H2,1H3. The molecular weight excluding hydrogens is 354 g/mol. The summed E-state index contributed by atoms with van der Waals surface area (Å²) >= 11 is 0. The van der Waals surface area contributed by atoms with E-state index in [1.54, 1.807) is 9.80 Å². The number of rotatable bonds is 5. The van der Waals surface area contributed by atoms with E-state index in [-0.39, 0.29) is 24.3 Å². The van der Waals surface area contributed by atoms with E-state index in [1.165, 1.54) is 0 Å². The van der Waals surface area contributed by atoms with Crippen LogP contribution in [-0.4, -0.2) is 57.1 Å². The first-order valence-corrected chi connectivity index (χ1v) is 10.9. The molecule has 8 heteroatoms. The Balaban J connectivity index is 1.58. The lowest BCUT2D eigenvalue weighted by Crippen LogP contribution is -2.49. The van der Waals surface area contributed by atoms with E-state index in [9.17, 15) is 18.0 Å². The molecule has 1 aromatic carbocycles. The number of nitrogens with zero attached hydrogens (tertiary/aromatic N) is 2. The summed E-state index contributed by atoms with van der Waals surface area (Å²) in [5.41, 5.74) is 1.77. The predicted octanol–water partition coefficient (Wildman–Crippen LogP) is 0.896. The Kier molecular flexibility index (Phi) is 5.62. The molecule has 0 saturated carbocycles. The highest BCUT2D eigenvalue weighted by molar-refractivity contribution is 7.88. The third-order valence-electron chi connectivity index (χ3n) is 4.83. The van der Waals surface area contributed by atoms with Gasteiger partial charge in [0.2, 0.25) is 21.8 Å². The van der Waals surface area contributed by atoms with E-state index in [2.05, 4.69) is 4.72 Å².